The van der Waals surface area contributed by atoms with Gasteiger partial charge in [0.1, 0.15) is 0 Å². The van der Waals surface area contributed by atoms with Gasteiger partial charge in [-0.1, -0.05) is 17.7 Å². The second-order valence-corrected chi connectivity index (χ2v) is 5.00. The van der Waals surface area contributed by atoms with Crippen LogP contribution in [-0.2, 0) is 4.74 Å². The molecule has 1 aliphatic heterocycles. The summed E-state index contributed by atoms with van der Waals surface area (Å²) in [7, 11) is 1.76. The Labute approximate surface area is 107 Å². The second-order valence-electron chi connectivity index (χ2n) is 4.59. The Morgan fingerprint density at radius 1 is 1.53 bits per heavy atom. The Kier molecular flexibility index (Phi) is 3.92. The topological polar surface area (TPSA) is 38.5 Å². The summed E-state index contributed by atoms with van der Waals surface area (Å²) in [6, 6.07) is 6.08. The molecule has 0 aliphatic carbocycles. The van der Waals surface area contributed by atoms with Crippen LogP contribution >= 0.6 is 11.6 Å². The zero-order valence-electron chi connectivity index (χ0n) is 10.3. The molecule has 0 amide bonds. The maximum atomic E-state index is 6.31. The summed E-state index contributed by atoms with van der Waals surface area (Å²) < 4.78 is 5.36. The van der Waals surface area contributed by atoms with Gasteiger partial charge in [0.25, 0.3) is 0 Å². The van der Waals surface area contributed by atoms with Gasteiger partial charge in [-0.2, -0.15) is 0 Å². The Balaban J connectivity index is 2.17. The number of rotatable bonds is 3. The molecule has 1 saturated heterocycles. The third kappa shape index (κ3) is 2.73. The minimum Gasteiger partial charge on any atom is -0.380 e. The molecule has 2 rings (SSSR count). The first-order chi connectivity index (χ1) is 8.11. The van der Waals surface area contributed by atoms with E-state index in [9.17, 15) is 0 Å². The third-order valence-electron chi connectivity index (χ3n) is 3.32. The first-order valence-corrected chi connectivity index (χ1v) is 6.32. The number of ether oxygens (including phenoxy) is 1. The summed E-state index contributed by atoms with van der Waals surface area (Å²) in [4.78, 5) is 2.27. The van der Waals surface area contributed by atoms with Crippen molar-refractivity contribution in [3.05, 3.63) is 28.8 Å². The van der Waals surface area contributed by atoms with E-state index in [0.717, 1.165) is 35.8 Å². The molecular formula is C13H19ClN2O. The van der Waals surface area contributed by atoms with Crippen LogP contribution in [0.15, 0.2) is 18.2 Å². The number of halogens is 1. The molecule has 1 aliphatic rings. The standard InChI is InChI=1S/C13H19ClN2O/c1-9(15)10-3-4-13(12(14)7-10)16-6-5-11(8-16)17-2/h3-4,7,9,11H,5-6,8,15H2,1-2H3/t9-,11?/m0/s1. The lowest BCUT2D eigenvalue weighted by Crippen LogP contribution is -2.22. The molecule has 1 fully saturated rings. The van der Waals surface area contributed by atoms with Crippen molar-refractivity contribution in [1.82, 2.24) is 0 Å². The van der Waals surface area contributed by atoms with Gasteiger partial charge in [0.15, 0.2) is 0 Å². The van der Waals surface area contributed by atoms with Crippen molar-refractivity contribution in [2.75, 3.05) is 25.1 Å². The van der Waals surface area contributed by atoms with Gasteiger partial charge in [0, 0.05) is 26.2 Å². The molecule has 1 heterocycles. The second kappa shape index (κ2) is 5.25. The van der Waals surface area contributed by atoms with E-state index < -0.39 is 0 Å². The molecule has 0 saturated carbocycles. The zero-order chi connectivity index (χ0) is 12.4. The van der Waals surface area contributed by atoms with Gasteiger partial charge in [0.05, 0.1) is 16.8 Å². The summed E-state index contributed by atoms with van der Waals surface area (Å²) in [6.45, 7) is 3.87. The van der Waals surface area contributed by atoms with Crippen molar-refractivity contribution in [3.63, 3.8) is 0 Å². The highest BCUT2D eigenvalue weighted by Crippen LogP contribution is 2.31. The monoisotopic (exact) mass is 254 g/mol. The maximum absolute atomic E-state index is 6.31. The fourth-order valence-corrected chi connectivity index (χ4v) is 2.51. The fourth-order valence-electron chi connectivity index (χ4n) is 2.20. The number of nitrogens with zero attached hydrogens (tertiary/aromatic N) is 1. The molecule has 3 nitrogen and oxygen atoms in total. The Morgan fingerprint density at radius 2 is 2.29 bits per heavy atom. The average molecular weight is 255 g/mol. The van der Waals surface area contributed by atoms with Crippen molar-refractivity contribution in [2.24, 2.45) is 5.73 Å². The van der Waals surface area contributed by atoms with Crippen LogP contribution in [0.4, 0.5) is 5.69 Å². The van der Waals surface area contributed by atoms with Crippen LogP contribution in [0.3, 0.4) is 0 Å². The van der Waals surface area contributed by atoms with Gasteiger partial charge in [0.2, 0.25) is 0 Å². The van der Waals surface area contributed by atoms with E-state index in [-0.39, 0.29) is 6.04 Å². The van der Waals surface area contributed by atoms with Gasteiger partial charge >= 0.3 is 0 Å². The highest BCUT2D eigenvalue weighted by molar-refractivity contribution is 6.33. The highest BCUT2D eigenvalue weighted by atomic mass is 35.5. The van der Waals surface area contributed by atoms with Crippen LogP contribution in [-0.4, -0.2) is 26.3 Å². The van der Waals surface area contributed by atoms with Gasteiger partial charge in [-0.05, 0) is 31.0 Å². The van der Waals surface area contributed by atoms with Gasteiger partial charge in [-0.25, -0.2) is 0 Å². The van der Waals surface area contributed by atoms with E-state index in [0.29, 0.717) is 6.10 Å². The molecule has 0 bridgehead atoms. The van der Waals surface area contributed by atoms with Crippen molar-refractivity contribution < 1.29 is 4.74 Å². The summed E-state index contributed by atoms with van der Waals surface area (Å²) in [5.74, 6) is 0. The lowest BCUT2D eigenvalue weighted by molar-refractivity contribution is 0.121. The smallest absolute Gasteiger partial charge is 0.0762 e. The first-order valence-electron chi connectivity index (χ1n) is 5.94. The van der Waals surface area contributed by atoms with E-state index in [1.807, 2.05) is 19.1 Å². The lowest BCUT2D eigenvalue weighted by Gasteiger charge is -2.20. The van der Waals surface area contributed by atoms with E-state index in [4.69, 9.17) is 22.1 Å². The minimum absolute atomic E-state index is 0.0202. The minimum atomic E-state index is 0.0202. The van der Waals surface area contributed by atoms with Gasteiger partial charge in [-0.15, -0.1) is 0 Å². The molecular weight excluding hydrogens is 236 g/mol. The maximum Gasteiger partial charge on any atom is 0.0762 e. The van der Waals surface area contributed by atoms with Crippen molar-refractivity contribution in [2.45, 2.75) is 25.5 Å². The van der Waals surface area contributed by atoms with Gasteiger partial charge < -0.3 is 15.4 Å². The molecule has 1 aromatic carbocycles. The van der Waals surface area contributed by atoms with E-state index >= 15 is 0 Å². The van der Waals surface area contributed by atoms with Crippen molar-refractivity contribution >= 4 is 17.3 Å². The van der Waals surface area contributed by atoms with E-state index in [2.05, 4.69) is 11.0 Å². The lowest BCUT2D eigenvalue weighted by atomic mass is 10.1. The Hall–Kier alpha value is -0.770. The van der Waals surface area contributed by atoms with Crippen LogP contribution in [0.2, 0.25) is 5.02 Å². The molecule has 17 heavy (non-hydrogen) atoms. The van der Waals surface area contributed by atoms with Gasteiger partial charge in [-0.3, -0.25) is 0 Å². The summed E-state index contributed by atoms with van der Waals surface area (Å²) in [6.07, 6.45) is 1.38. The Morgan fingerprint density at radius 3 is 2.82 bits per heavy atom. The highest BCUT2D eigenvalue weighted by Gasteiger charge is 2.23. The predicted octanol–water partition coefficient (Wildman–Crippen LogP) is 2.58. The summed E-state index contributed by atoms with van der Waals surface area (Å²) in [5.41, 5.74) is 7.99. The van der Waals surface area contributed by atoms with E-state index in [1.54, 1.807) is 7.11 Å². The predicted molar refractivity (Wildman–Crippen MR) is 71.7 cm³/mol. The summed E-state index contributed by atoms with van der Waals surface area (Å²) >= 11 is 6.31. The molecule has 4 heteroatoms. The Bertz CT molecular complexity index is 395. The number of anilines is 1. The van der Waals surface area contributed by atoms with Crippen LogP contribution in [0.5, 0.6) is 0 Å². The molecule has 1 aromatic rings. The molecule has 2 atom stereocenters. The number of benzene rings is 1. The molecule has 0 aromatic heterocycles. The third-order valence-corrected chi connectivity index (χ3v) is 3.62. The van der Waals surface area contributed by atoms with Crippen LogP contribution in [0.1, 0.15) is 24.9 Å². The molecule has 1 unspecified atom stereocenters. The average Bonchev–Trinajstić information content (AvgIpc) is 2.77. The molecule has 94 valence electrons. The van der Waals surface area contributed by atoms with E-state index in [1.165, 1.54) is 0 Å². The largest absolute Gasteiger partial charge is 0.380 e. The molecule has 0 radical (unpaired) electrons. The SMILES string of the molecule is COC1CCN(c2ccc([C@H](C)N)cc2Cl)C1. The number of nitrogens with two attached hydrogens (primary N) is 1. The number of hydrogen-bond acceptors (Lipinski definition) is 3. The number of hydrogen-bond donors (Lipinski definition) is 1. The van der Waals surface area contributed by atoms with Crippen LogP contribution in [0.25, 0.3) is 0 Å². The zero-order valence-corrected chi connectivity index (χ0v) is 11.1. The first kappa shape index (κ1) is 12.7. The molecule has 0 spiro atoms. The fraction of sp³-hybridized carbons (Fsp3) is 0.538. The number of methoxy groups -OCH3 is 1. The van der Waals surface area contributed by atoms with Crippen LogP contribution < -0.4 is 10.6 Å². The van der Waals surface area contributed by atoms with Crippen molar-refractivity contribution in [1.29, 1.82) is 0 Å². The van der Waals surface area contributed by atoms with Crippen LogP contribution in [0, 0.1) is 0 Å². The van der Waals surface area contributed by atoms with Crippen molar-refractivity contribution in [3.8, 4) is 0 Å². The normalized spacial score (nSPS) is 21.9. The summed E-state index contributed by atoms with van der Waals surface area (Å²) in [5, 5.41) is 0.775. The molecule has 2 N–H and O–H groups in total. The quantitative estimate of drug-likeness (QED) is 0.901.